The Morgan fingerprint density at radius 1 is 0.911 bits per heavy atom. The fourth-order valence-electron chi connectivity index (χ4n) is 6.20. The predicted octanol–water partition coefficient (Wildman–Crippen LogP) is 4.68. The molecule has 1 fully saturated rings. The quantitative estimate of drug-likeness (QED) is 0.283. The van der Waals surface area contributed by atoms with E-state index in [-0.39, 0.29) is 26.7 Å². The van der Waals surface area contributed by atoms with Crippen molar-refractivity contribution in [2.45, 2.75) is 17.4 Å². The number of sulfonamides is 1. The Kier molecular flexibility index (Phi) is 7.94. The van der Waals surface area contributed by atoms with Gasteiger partial charge in [0.1, 0.15) is 10.6 Å². The van der Waals surface area contributed by atoms with E-state index >= 15 is 4.79 Å². The average Bonchev–Trinajstić information content (AvgIpc) is 3.33. The van der Waals surface area contributed by atoms with Crippen LogP contribution >= 0.6 is 11.6 Å². The van der Waals surface area contributed by atoms with Crippen LogP contribution in [0, 0.1) is 22.7 Å². The molecule has 0 spiro atoms. The van der Waals surface area contributed by atoms with Gasteiger partial charge in [-0.2, -0.15) is 10.5 Å². The lowest BCUT2D eigenvalue weighted by molar-refractivity contribution is -0.127. The first-order valence-electron chi connectivity index (χ1n) is 14.2. The molecular weight excluding hydrogens is 612 g/mol. The van der Waals surface area contributed by atoms with Crippen LogP contribution in [0.15, 0.2) is 90.1 Å². The molecule has 1 amide bonds. The Morgan fingerprint density at radius 2 is 1.58 bits per heavy atom. The molecule has 1 saturated heterocycles. The average molecular weight is 639 g/mol. The normalized spacial score (nSPS) is 18.3. The molecule has 12 heteroatoms. The van der Waals surface area contributed by atoms with Crippen LogP contribution in [0.5, 0.6) is 5.75 Å². The highest BCUT2D eigenvalue weighted by molar-refractivity contribution is 7.93. The van der Waals surface area contributed by atoms with Gasteiger partial charge in [-0.1, -0.05) is 29.8 Å². The number of nitrogens with zero attached hydrogens (tertiary/aromatic N) is 6. The molecule has 3 heterocycles. The summed E-state index contributed by atoms with van der Waals surface area (Å²) in [6.45, 7) is 3.99. The van der Waals surface area contributed by atoms with Crippen LogP contribution in [0.1, 0.15) is 29.2 Å². The second-order valence-electron chi connectivity index (χ2n) is 10.5. The molecule has 2 aliphatic rings. The molecule has 45 heavy (non-hydrogen) atoms. The zero-order chi connectivity index (χ0) is 31.8. The third-order valence-electron chi connectivity index (χ3n) is 8.17. The van der Waals surface area contributed by atoms with Gasteiger partial charge in [-0.15, -0.1) is 0 Å². The summed E-state index contributed by atoms with van der Waals surface area (Å²) in [5.41, 5.74) is 0.701. The van der Waals surface area contributed by atoms with Gasteiger partial charge in [-0.3, -0.25) is 14.7 Å². The Hall–Kier alpha value is -4.94. The van der Waals surface area contributed by atoms with Crippen LogP contribution < -0.4 is 13.9 Å². The number of fused-ring (bicyclic) bond motifs is 1. The van der Waals surface area contributed by atoms with Gasteiger partial charge in [0.05, 0.1) is 40.6 Å². The molecule has 226 valence electrons. The number of para-hydroxylation sites is 1. The molecule has 2 aliphatic heterocycles. The second kappa shape index (κ2) is 11.9. The van der Waals surface area contributed by atoms with E-state index in [2.05, 4.69) is 16.0 Å². The third-order valence-corrected chi connectivity index (χ3v) is 10.3. The van der Waals surface area contributed by atoms with E-state index in [4.69, 9.17) is 16.3 Å². The molecule has 0 N–H and O–H groups in total. The summed E-state index contributed by atoms with van der Waals surface area (Å²) in [7, 11) is -4.60. The Bertz CT molecular complexity index is 1980. The lowest BCUT2D eigenvalue weighted by Crippen LogP contribution is -2.60. The number of carbonyl (C=O) groups excluding carboxylic acids is 1. The van der Waals surface area contributed by atoms with Gasteiger partial charge in [0, 0.05) is 55.4 Å². The van der Waals surface area contributed by atoms with Crippen molar-refractivity contribution in [3.8, 4) is 17.9 Å². The van der Waals surface area contributed by atoms with Crippen LogP contribution in [0.2, 0.25) is 5.02 Å². The van der Waals surface area contributed by atoms with Crippen LogP contribution in [-0.2, 0) is 20.4 Å². The van der Waals surface area contributed by atoms with Crippen molar-refractivity contribution < 1.29 is 17.9 Å². The van der Waals surface area contributed by atoms with E-state index in [0.717, 1.165) is 9.99 Å². The number of nitriles is 2. The van der Waals surface area contributed by atoms with Crippen LogP contribution in [0.4, 0.5) is 11.4 Å². The zero-order valence-electron chi connectivity index (χ0n) is 24.2. The van der Waals surface area contributed by atoms with Crippen LogP contribution in [-0.4, -0.2) is 57.0 Å². The van der Waals surface area contributed by atoms with Gasteiger partial charge in [0.2, 0.25) is 0 Å². The summed E-state index contributed by atoms with van der Waals surface area (Å²) in [5, 5.41) is 19.0. The van der Waals surface area contributed by atoms with Gasteiger partial charge >= 0.3 is 0 Å². The topological polar surface area (TPSA) is 131 Å². The Balaban J connectivity index is 1.58. The molecule has 1 atom stereocenters. The number of pyridine rings is 1. The first kappa shape index (κ1) is 30.1. The lowest BCUT2D eigenvalue weighted by atomic mass is 9.80. The third kappa shape index (κ3) is 4.86. The summed E-state index contributed by atoms with van der Waals surface area (Å²) in [6.07, 6.45) is 3.44. The first-order valence-corrected chi connectivity index (χ1v) is 16.1. The number of halogens is 1. The number of rotatable bonds is 7. The largest absolute Gasteiger partial charge is 0.493 e. The van der Waals surface area contributed by atoms with Gasteiger partial charge in [-0.25, -0.2) is 12.7 Å². The van der Waals surface area contributed by atoms with Gasteiger partial charge in [-0.05, 0) is 61.5 Å². The highest BCUT2D eigenvalue weighted by Gasteiger charge is 2.60. The molecule has 0 saturated carbocycles. The maximum absolute atomic E-state index is 15.2. The van der Waals surface area contributed by atoms with E-state index in [0.29, 0.717) is 49.7 Å². The molecule has 6 rings (SSSR count). The molecule has 1 unspecified atom stereocenters. The molecule has 4 aromatic rings. The highest BCUT2D eigenvalue weighted by atomic mass is 35.5. The fraction of sp³-hybridized carbons (Fsp3) is 0.212. The molecule has 0 bridgehead atoms. The number of hydrogen-bond acceptors (Lipinski definition) is 9. The zero-order valence-corrected chi connectivity index (χ0v) is 25.8. The SMILES string of the molecule is CCOc1ccccc1C1(N2CCN(c3ccncc3)CC2)C(=O)N(S(=O)(=O)c2ccc(C#N)cc2Cl)c2ccc(C#N)cc21. The Labute approximate surface area is 266 Å². The predicted molar refractivity (Wildman–Crippen MR) is 168 cm³/mol. The van der Waals surface area contributed by atoms with Crippen molar-refractivity contribution in [1.29, 1.82) is 10.5 Å². The highest BCUT2D eigenvalue weighted by Crippen LogP contribution is 2.53. The van der Waals surface area contributed by atoms with E-state index in [9.17, 15) is 18.9 Å². The minimum atomic E-state index is -4.60. The van der Waals surface area contributed by atoms with Crippen molar-refractivity contribution in [2.24, 2.45) is 0 Å². The van der Waals surface area contributed by atoms with E-state index < -0.39 is 21.5 Å². The standard InChI is InChI=1S/C33H27ClN6O4S/c1-2-44-30-6-4-3-5-26(30)33(39-17-15-38(16-18-39)25-11-13-37-14-12-25)27-19-23(21-35)7-9-29(27)40(32(33)41)45(42,43)31-10-8-24(22-36)20-28(31)34/h3-14,19-20H,2,15-18H2,1H3. The summed E-state index contributed by atoms with van der Waals surface area (Å²) in [6, 6.07) is 23.4. The molecular formula is C33H27ClN6O4S. The number of benzene rings is 3. The summed E-state index contributed by atoms with van der Waals surface area (Å²) >= 11 is 6.42. The number of anilines is 2. The molecule has 0 radical (unpaired) electrons. The molecule has 3 aromatic carbocycles. The number of piperazine rings is 1. The number of carbonyl (C=O) groups is 1. The molecule has 10 nitrogen and oxygen atoms in total. The van der Waals surface area contributed by atoms with Gasteiger partial charge in [0.15, 0.2) is 5.54 Å². The summed E-state index contributed by atoms with van der Waals surface area (Å²) < 4.78 is 35.7. The van der Waals surface area contributed by atoms with Gasteiger partial charge < -0.3 is 9.64 Å². The van der Waals surface area contributed by atoms with E-state index in [1.807, 2.05) is 30.0 Å². The lowest BCUT2D eigenvalue weighted by Gasteiger charge is -2.46. The molecule has 1 aromatic heterocycles. The maximum Gasteiger partial charge on any atom is 0.272 e. The van der Waals surface area contributed by atoms with Crippen molar-refractivity contribution >= 4 is 38.9 Å². The fourth-order valence-corrected chi connectivity index (χ4v) is 8.18. The van der Waals surface area contributed by atoms with Crippen molar-refractivity contribution in [1.82, 2.24) is 9.88 Å². The van der Waals surface area contributed by atoms with Crippen LogP contribution in [0.25, 0.3) is 0 Å². The maximum atomic E-state index is 15.2. The minimum absolute atomic E-state index is 0.113. The summed E-state index contributed by atoms with van der Waals surface area (Å²) in [4.78, 5) is 23.1. The van der Waals surface area contributed by atoms with E-state index in [1.165, 1.54) is 30.3 Å². The number of hydrogen-bond donors (Lipinski definition) is 0. The van der Waals surface area contributed by atoms with Gasteiger partial charge in [0.25, 0.3) is 15.9 Å². The van der Waals surface area contributed by atoms with Crippen molar-refractivity contribution in [2.75, 3.05) is 42.0 Å². The first-order chi connectivity index (χ1) is 21.8. The number of ether oxygens (including phenoxy) is 1. The monoisotopic (exact) mass is 638 g/mol. The van der Waals surface area contributed by atoms with Crippen LogP contribution in [0.3, 0.4) is 0 Å². The van der Waals surface area contributed by atoms with E-state index in [1.54, 1.807) is 42.7 Å². The second-order valence-corrected chi connectivity index (χ2v) is 12.7. The molecule has 0 aliphatic carbocycles. The van der Waals surface area contributed by atoms with Crippen molar-refractivity contribution in [3.05, 3.63) is 112 Å². The summed E-state index contributed by atoms with van der Waals surface area (Å²) in [5.74, 6) is -0.314. The smallest absolute Gasteiger partial charge is 0.272 e. The van der Waals surface area contributed by atoms with Crippen molar-refractivity contribution in [3.63, 3.8) is 0 Å². The minimum Gasteiger partial charge on any atom is -0.493 e. The number of amides is 1. The number of aromatic nitrogens is 1. The Morgan fingerprint density at radius 3 is 2.24 bits per heavy atom.